The van der Waals surface area contributed by atoms with Crippen molar-refractivity contribution in [1.82, 2.24) is 9.80 Å². The van der Waals surface area contributed by atoms with E-state index < -0.39 is 22.7 Å². The number of nitro benzene ring substituents is 1. The molecule has 36 heavy (non-hydrogen) atoms. The van der Waals surface area contributed by atoms with Crippen LogP contribution in [0.1, 0.15) is 30.5 Å². The first-order valence-electron chi connectivity index (χ1n) is 12.0. The number of aliphatic hydroxyl groups excluding tert-OH is 1. The Morgan fingerprint density at radius 2 is 1.86 bits per heavy atom. The van der Waals surface area contributed by atoms with E-state index in [1.807, 2.05) is 6.92 Å². The van der Waals surface area contributed by atoms with Gasteiger partial charge in [-0.1, -0.05) is 19.1 Å². The number of amides is 1. The van der Waals surface area contributed by atoms with Gasteiger partial charge in [0.1, 0.15) is 11.5 Å². The van der Waals surface area contributed by atoms with Crippen LogP contribution in [0.25, 0.3) is 5.76 Å². The lowest BCUT2D eigenvalue weighted by Crippen LogP contribution is -2.42. The zero-order chi connectivity index (χ0) is 25.7. The van der Waals surface area contributed by atoms with E-state index in [2.05, 4.69) is 4.90 Å². The van der Waals surface area contributed by atoms with Crippen molar-refractivity contribution in [3.63, 3.8) is 0 Å². The lowest BCUT2D eigenvalue weighted by Gasteiger charge is -2.31. The molecular formula is C26H29N3O7. The van der Waals surface area contributed by atoms with Crippen LogP contribution in [-0.4, -0.2) is 77.5 Å². The Morgan fingerprint density at radius 1 is 1.14 bits per heavy atom. The minimum absolute atomic E-state index is 0.0929. The molecule has 0 saturated carbocycles. The Kier molecular flexibility index (Phi) is 7.97. The standard InChI is InChI=1S/C26H29N3O7/c1-2-14-36-21-8-6-18(7-9-21)24(30)22-23(19-4-3-5-20(17-19)29(33)34)28(26(32)25(22)31)11-10-27-12-15-35-16-13-27/h3-9,17,23,30H,2,10-16H2,1H3/t23-/m0/s1. The summed E-state index contributed by atoms with van der Waals surface area (Å²) in [5, 5.41) is 22.6. The fourth-order valence-electron chi connectivity index (χ4n) is 4.42. The summed E-state index contributed by atoms with van der Waals surface area (Å²) in [5.74, 6) is -1.28. The van der Waals surface area contributed by atoms with Gasteiger partial charge in [0.15, 0.2) is 0 Å². The Labute approximate surface area is 208 Å². The van der Waals surface area contributed by atoms with Gasteiger partial charge in [-0.3, -0.25) is 24.6 Å². The molecule has 0 spiro atoms. The Bertz CT molecular complexity index is 1160. The molecule has 1 amide bonds. The summed E-state index contributed by atoms with van der Waals surface area (Å²) in [6, 6.07) is 11.5. The van der Waals surface area contributed by atoms with E-state index in [-0.39, 0.29) is 23.6 Å². The molecule has 4 rings (SSSR count). The van der Waals surface area contributed by atoms with Crippen molar-refractivity contribution in [2.75, 3.05) is 46.0 Å². The molecule has 1 N–H and O–H groups in total. The third-order valence-corrected chi connectivity index (χ3v) is 6.30. The summed E-state index contributed by atoms with van der Waals surface area (Å²) in [4.78, 5) is 40.7. The van der Waals surface area contributed by atoms with E-state index >= 15 is 0 Å². The van der Waals surface area contributed by atoms with Gasteiger partial charge in [-0.2, -0.15) is 0 Å². The van der Waals surface area contributed by atoms with Crippen LogP contribution in [0.15, 0.2) is 54.1 Å². The number of nitrogens with zero attached hydrogens (tertiary/aromatic N) is 3. The van der Waals surface area contributed by atoms with E-state index in [1.165, 1.54) is 23.1 Å². The molecule has 190 valence electrons. The second-order valence-electron chi connectivity index (χ2n) is 8.67. The average Bonchev–Trinajstić information content (AvgIpc) is 3.16. The highest BCUT2D eigenvalue weighted by atomic mass is 16.6. The minimum Gasteiger partial charge on any atom is -0.507 e. The summed E-state index contributed by atoms with van der Waals surface area (Å²) in [5.41, 5.74) is 0.476. The first kappa shape index (κ1) is 25.3. The molecule has 0 aliphatic carbocycles. The Morgan fingerprint density at radius 3 is 2.53 bits per heavy atom. The number of Topliss-reactive ketones (excluding diaryl/α,β-unsaturated/α-hetero) is 1. The van der Waals surface area contributed by atoms with Gasteiger partial charge in [0, 0.05) is 43.9 Å². The third-order valence-electron chi connectivity index (χ3n) is 6.30. The predicted molar refractivity (Wildman–Crippen MR) is 132 cm³/mol. The largest absolute Gasteiger partial charge is 0.507 e. The van der Waals surface area contributed by atoms with Crippen molar-refractivity contribution in [3.8, 4) is 5.75 Å². The molecule has 0 radical (unpaired) electrons. The van der Waals surface area contributed by atoms with Gasteiger partial charge < -0.3 is 19.5 Å². The Hall–Kier alpha value is -3.76. The van der Waals surface area contributed by atoms with Crippen molar-refractivity contribution < 1.29 is 29.1 Å². The second-order valence-corrected chi connectivity index (χ2v) is 8.67. The molecule has 2 fully saturated rings. The number of hydrogen-bond acceptors (Lipinski definition) is 8. The van der Waals surface area contributed by atoms with E-state index in [0.717, 1.165) is 6.42 Å². The van der Waals surface area contributed by atoms with Gasteiger partial charge in [-0.05, 0) is 36.2 Å². The minimum atomic E-state index is -0.957. The number of carbonyl (C=O) groups excluding carboxylic acids is 2. The highest BCUT2D eigenvalue weighted by Crippen LogP contribution is 2.40. The molecule has 2 heterocycles. The number of ketones is 1. The van der Waals surface area contributed by atoms with Crippen molar-refractivity contribution in [2.24, 2.45) is 0 Å². The molecule has 2 aliphatic heterocycles. The molecule has 2 aromatic carbocycles. The maximum Gasteiger partial charge on any atom is 0.295 e. The van der Waals surface area contributed by atoms with Crippen molar-refractivity contribution in [3.05, 3.63) is 75.3 Å². The molecule has 1 atom stereocenters. The number of morpholine rings is 1. The van der Waals surface area contributed by atoms with E-state index in [1.54, 1.807) is 30.3 Å². The number of non-ortho nitro benzene ring substituents is 1. The molecule has 10 heteroatoms. The zero-order valence-corrected chi connectivity index (χ0v) is 20.1. The number of ether oxygens (including phenoxy) is 2. The molecule has 2 aliphatic rings. The second kappa shape index (κ2) is 11.3. The number of likely N-dealkylation sites (tertiary alicyclic amines) is 1. The summed E-state index contributed by atoms with van der Waals surface area (Å²) in [6.45, 7) is 5.86. The molecule has 0 unspecified atom stereocenters. The van der Waals surface area contributed by atoms with Crippen molar-refractivity contribution in [1.29, 1.82) is 0 Å². The van der Waals surface area contributed by atoms with E-state index in [4.69, 9.17) is 9.47 Å². The highest BCUT2D eigenvalue weighted by Gasteiger charge is 2.46. The number of rotatable bonds is 9. The molecule has 0 aromatic heterocycles. The van der Waals surface area contributed by atoms with Gasteiger partial charge in [-0.15, -0.1) is 0 Å². The van der Waals surface area contributed by atoms with Gasteiger partial charge >= 0.3 is 0 Å². The van der Waals surface area contributed by atoms with Crippen LogP contribution in [-0.2, 0) is 14.3 Å². The van der Waals surface area contributed by atoms with Gasteiger partial charge in [-0.25, -0.2) is 0 Å². The van der Waals surface area contributed by atoms with Gasteiger partial charge in [0.25, 0.3) is 17.4 Å². The topological polar surface area (TPSA) is 122 Å². The molecule has 2 aromatic rings. The first-order chi connectivity index (χ1) is 17.4. The molecule has 2 saturated heterocycles. The van der Waals surface area contributed by atoms with E-state index in [0.29, 0.717) is 56.3 Å². The van der Waals surface area contributed by atoms with Crippen molar-refractivity contribution in [2.45, 2.75) is 19.4 Å². The number of aliphatic hydroxyl groups is 1. The van der Waals surface area contributed by atoms with Crippen LogP contribution in [0.2, 0.25) is 0 Å². The zero-order valence-electron chi connectivity index (χ0n) is 20.1. The quantitative estimate of drug-likeness (QED) is 0.185. The van der Waals surface area contributed by atoms with Crippen LogP contribution >= 0.6 is 0 Å². The van der Waals surface area contributed by atoms with Crippen molar-refractivity contribution >= 4 is 23.1 Å². The summed E-state index contributed by atoms with van der Waals surface area (Å²) >= 11 is 0. The third kappa shape index (κ3) is 5.39. The van der Waals surface area contributed by atoms with Crippen LogP contribution < -0.4 is 4.74 Å². The van der Waals surface area contributed by atoms with Crippen LogP contribution in [0.3, 0.4) is 0 Å². The SMILES string of the molecule is CCCOc1ccc(C(O)=C2C(=O)C(=O)N(CCN3CCOCC3)[C@H]2c2cccc([N+](=O)[O-])c2)cc1. The van der Waals surface area contributed by atoms with Gasteiger partial charge in [0.2, 0.25) is 0 Å². The average molecular weight is 496 g/mol. The van der Waals surface area contributed by atoms with E-state index in [9.17, 15) is 24.8 Å². The number of nitro groups is 1. The van der Waals surface area contributed by atoms with Gasteiger partial charge in [0.05, 0.1) is 36.4 Å². The molecular weight excluding hydrogens is 466 g/mol. The monoisotopic (exact) mass is 495 g/mol. The number of carbonyl (C=O) groups is 2. The van der Waals surface area contributed by atoms with Crippen LogP contribution in [0.4, 0.5) is 5.69 Å². The first-order valence-corrected chi connectivity index (χ1v) is 12.0. The summed E-state index contributed by atoms with van der Waals surface area (Å²) < 4.78 is 11.0. The fourth-order valence-corrected chi connectivity index (χ4v) is 4.42. The highest BCUT2D eigenvalue weighted by molar-refractivity contribution is 6.46. The lowest BCUT2D eigenvalue weighted by atomic mass is 9.95. The Balaban J connectivity index is 1.72. The number of hydrogen-bond donors (Lipinski definition) is 1. The molecule has 10 nitrogen and oxygen atoms in total. The van der Waals surface area contributed by atoms with Crippen LogP contribution in [0, 0.1) is 10.1 Å². The number of benzene rings is 2. The summed E-state index contributed by atoms with van der Waals surface area (Å²) in [6.07, 6.45) is 0.846. The maximum absolute atomic E-state index is 13.2. The molecule has 0 bridgehead atoms. The smallest absolute Gasteiger partial charge is 0.295 e. The maximum atomic E-state index is 13.2. The lowest BCUT2D eigenvalue weighted by molar-refractivity contribution is -0.384. The predicted octanol–water partition coefficient (Wildman–Crippen LogP) is 3.14. The summed E-state index contributed by atoms with van der Waals surface area (Å²) in [7, 11) is 0. The normalized spacial score (nSPS) is 20.0. The van der Waals surface area contributed by atoms with Crippen LogP contribution in [0.5, 0.6) is 5.75 Å². The fraction of sp³-hybridized carbons (Fsp3) is 0.385.